The van der Waals surface area contributed by atoms with E-state index in [0.717, 1.165) is 60.9 Å². The van der Waals surface area contributed by atoms with Gasteiger partial charge in [0.05, 0.1) is 50.5 Å². The van der Waals surface area contributed by atoms with Gasteiger partial charge in [0.15, 0.2) is 0 Å². The first-order valence-corrected chi connectivity index (χ1v) is 16.3. The van der Waals surface area contributed by atoms with Crippen molar-refractivity contribution in [2.75, 3.05) is 0 Å². The van der Waals surface area contributed by atoms with E-state index in [-0.39, 0.29) is 0 Å². The van der Waals surface area contributed by atoms with Gasteiger partial charge in [-0.05, 0) is 77.9 Å². The van der Waals surface area contributed by atoms with Crippen molar-refractivity contribution in [2.24, 2.45) is 0 Å². The molecule has 0 unspecified atom stereocenters. The van der Waals surface area contributed by atoms with Crippen LogP contribution >= 0.6 is 0 Å². The Morgan fingerprint density at radius 2 is 0.980 bits per heavy atom. The summed E-state index contributed by atoms with van der Waals surface area (Å²) in [6.07, 6.45) is 0. The van der Waals surface area contributed by atoms with E-state index in [2.05, 4.69) is 112 Å². The first-order chi connectivity index (χ1) is 24.7. The summed E-state index contributed by atoms with van der Waals surface area (Å²) in [5, 5.41) is 34.8. The number of nitrogens with zero attached hydrogens (tertiary/aromatic N) is 5. The number of hydrogen-bond donors (Lipinski definition) is 0. The molecule has 0 aliphatic carbocycles. The fourth-order valence-electron chi connectivity index (χ4n) is 7.43. The zero-order valence-corrected chi connectivity index (χ0v) is 26.7. The monoisotopic (exact) mass is 635 g/mol. The summed E-state index contributed by atoms with van der Waals surface area (Å²) in [4.78, 5) is 0. The predicted molar refractivity (Wildman–Crippen MR) is 200 cm³/mol. The molecule has 2 heterocycles. The maximum absolute atomic E-state index is 10.4. The second kappa shape index (κ2) is 11.4. The standard InChI is InChI=1S/C45H25N5/c46-26-29-17-22-45-39(23-29)37-12-4-8-16-44(37)50(45)43-15-7-3-11-36(43)38-25-31(24-32(27-47)40(38)28-48)30-18-20-33(21-19-30)49-41-13-5-1-9-34(41)35-10-2-6-14-42(35)49/h1-25H. The van der Waals surface area contributed by atoms with Crippen LogP contribution in [-0.2, 0) is 0 Å². The second-order valence-electron chi connectivity index (χ2n) is 12.3. The van der Waals surface area contributed by atoms with E-state index in [1.165, 1.54) is 10.8 Å². The molecule has 230 valence electrons. The molecule has 0 aliphatic rings. The molecule has 0 atom stereocenters. The third-order valence-corrected chi connectivity index (χ3v) is 9.65. The van der Waals surface area contributed by atoms with Gasteiger partial charge in [-0.25, -0.2) is 0 Å². The van der Waals surface area contributed by atoms with E-state index in [1.54, 1.807) is 0 Å². The summed E-state index contributed by atoms with van der Waals surface area (Å²) in [5.41, 5.74) is 10.7. The molecule has 9 rings (SSSR count). The van der Waals surface area contributed by atoms with E-state index in [9.17, 15) is 15.8 Å². The Balaban J connectivity index is 1.23. The molecule has 0 amide bonds. The highest BCUT2D eigenvalue weighted by atomic mass is 15.0. The van der Waals surface area contributed by atoms with Gasteiger partial charge in [0, 0.05) is 38.4 Å². The van der Waals surface area contributed by atoms with Gasteiger partial charge in [0.25, 0.3) is 0 Å². The van der Waals surface area contributed by atoms with Crippen LogP contribution in [0.15, 0.2) is 152 Å². The van der Waals surface area contributed by atoms with Crippen LogP contribution in [-0.4, -0.2) is 9.13 Å². The van der Waals surface area contributed by atoms with Gasteiger partial charge in [-0.2, -0.15) is 15.8 Å². The summed E-state index contributed by atoms with van der Waals surface area (Å²) >= 11 is 0. The third kappa shape index (κ3) is 4.31. The van der Waals surface area contributed by atoms with Crippen molar-refractivity contribution in [2.45, 2.75) is 0 Å². The summed E-state index contributed by atoms with van der Waals surface area (Å²) in [7, 11) is 0. The lowest BCUT2D eigenvalue weighted by Crippen LogP contribution is -2.00. The molecule has 0 saturated carbocycles. The van der Waals surface area contributed by atoms with Gasteiger partial charge in [0.1, 0.15) is 12.1 Å². The summed E-state index contributed by atoms with van der Waals surface area (Å²) in [6.45, 7) is 0. The molecule has 0 N–H and O–H groups in total. The van der Waals surface area contributed by atoms with Crippen LogP contribution in [0.3, 0.4) is 0 Å². The number of hydrogen-bond acceptors (Lipinski definition) is 3. The van der Waals surface area contributed by atoms with Gasteiger partial charge in [-0.1, -0.05) is 84.9 Å². The first kappa shape index (κ1) is 28.8. The molecule has 9 aromatic rings. The van der Waals surface area contributed by atoms with E-state index in [0.29, 0.717) is 22.3 Å². The van der Waals surface area contributed by atoms with E-state index in [1.807, 2.05) is 66.7 Å². The van der Waals surface area contributed by atoms with Crippen molar-refractivity contribution in [1.29, 1.82) is 15.8 Å². The number of fused-ring (bicyclic) bond motifs is 6. The van der Waals surface area contributed by atoms with Crippen molar-refractivity contribution in [3.63, 3.8) is 0 Å². The van der Waals surface area contributed by atoms with E-state index >= 15 is 0 Å². The van der Waals surface area contributed by atoms with Crippen LogP contribution in [0, 0.1) is 34.0 Å². The maximum Gasteiger partial charge on any atom is 0.101 e. The van der Waals surface area contributed by atoms with Crippen LogP contribution in [0.2, 0.25) is 0 Å². The lowest BCUT2D eigenvalue weighted by Gasteiger charge is -2.17. The van der Waals surface area contributed by atoms with Crippen LogP contribution < -0.4 is 0 Å². The Morgan fingerprint density at radius 3 is 1.62 bits per heavy atom. The molecule has 5 heteroatoms. The lowest BCUT2D eigenvalue weighted by atomic mass is 9.90. The fraction of sp³-hybridized carbons (Fsp3) is 0. The number of aromatic nitrogens is 2. The Kier molecular flexibility index (Phi) is 6.56. The number of para-hydroxylation sites is 4. The highest BCUT2D eigenvalue weighted by Gasteiger charge is 2.20. The molecule has 7 aromatic carbocycles. The summed E-state index contributed by atoms with van der Waals surface area (Å²) in [6, 6.07) is 57.9. The molecule has 0 bridgehead atoms. The molecule has 2 aromatic heterocycles. The van der Waals surface area contributed by atoms with Crippen LogP contribution in [0.4, 0.5) is 0 Å². The summed E-state index contributed by atoms with van der Waals surface area (Å²) < 4.78 is 4.46. The highest BCUT2D eigenvalue weighted by molar-refractivity contribution is 6.11. The summed E-state index contributed by atoms with van der Waals surface area (Å²) in [5.74, 6) is 0. The minimum Gasteiger partial charge on any atom is -0.309 e. The van der Waals surface area contributed by atoms with Gasteiger partial charge in [-0.3, -0.25) is 0 Å². The first-order valence-electron chi connectivity index (χ1n) is 16.3. The highest BCUT2D eigenvalue weighted by Crippen LogP contribution is 2.40. The third-order valence-electron chi connectivity index (χ3n) is 9.65. The maximum atomic E-state index is 10.4. The van der Waals surface area contributed by atoms with Crippen molar-refractivity contribution in [3.05, 3.63) is 168 Å². The van der Waals surface area contributed by atoms with Gasteiger partial charge in [-0.15, -0.1) is 0 Å². The smallest absolute Gasteiger partial charge is 0.101 e. The Bertz CT molecular complexity index is 2900. The largest absolute Gasteiger partial charge is 0.309 e. The average molecular weight is 636 g/mol. The topological polar surface area (TPSA) is 81.2 Å². The average Bonchev–Trinajstić information content (AvgIpc) is 3.70. The number of nitriles is 3. The molecular formula is C45H25N5. The second-order valence-corrected chi connectivity index (χ2v) is 12.3. The zero-order valence-electron chi connectivity index (χ0n) is 26.7. The van der Waals surface area contributed by atoms with Crippen molar-refractivity contribution in [1.82, 2.24) is 9.13 Å². The van der Waals surface area contributed by atoms with Crippen LogP contribution in [0.5, 0.6) is 0 Å². The zero-order chi connectivity index (χ0) is 33.8. The Morgan fingerprint density at radius 1 is 0.400 bits per heavy atom. The van der Waals surface area contributed by atoms with Gasteiger partial charge >= 0.3 is 0 Å². The molecule has 0 fully saturated rings. The molecule has 5 nitrogen and oxygen atoms in total. The minimum atomic E-state index is 0.321. The van der Waals surface area contributed by atoms with Crippen molar-refractivity contribution >= 4 is 43.6 Å². The quantitative estimate of drug-likeness (QED) is 0.193. The molecule has 50 heavy (non-hydrogen) atoms. The molecular weight excluding hydrogens is 611 g/mol. The minimum absolute atomic E-state index is 0.321. The fourth-order valence-corrected chi connectivity index (χ4v) is 7.43. The predicted octanol–water partition coefficient (Wildman–Crippen LogP) is 10.8. The molecule has 0 aliphatic heterocycles. The Labute approximate surface area is 287 Å². The van der Waals surface area contributed by atoms with Gasteiger partial charge < -0.3 is 9.13 Å². The van der Waals surface area contributed by atoms with E-state index < -0.39 is 0 Å². The SMILES string of the molecule is N#Cc1ccc2c(c1)c1ccccc1n2-c1ccccc1-c1cc(-c2ccc(-n3c4ccccc4c4ccccc43)cc2)cc(C#N)c1C#N. The van der Waals surface area contributed by atoms with Crippen LogP contribution in [0.25, 0.3) is 77.2 Å². The normalized spacial score (nSPS) is 11.1. The molecule has 0 saturated heterocycles. The van der Waals surface area contributed by atoms with Gasteiger partial charge in [0.2, 0.25) is 0 Å². The Hall–Kier alpha value is -7.39. The lowest BCUT2D eigenvalue weighted by molar-refractivity contribution is 1.18. The van der Waals surface area contributed by atoms with E-state index in [4.69, 9.17) is 0 Å². The number of benzene rings is 7. The van der Waals surface area contributed by atoms with Crippen molar-refractivity contribution < 1.29 is 0 Å². The molecule has 0 radical (unpaired) electrons. The van der Waals surface area contributed by atoms with Crippen molar-refractivity contribution in [3.8, 4) is 51.8 Å². The molecule has 0 spiro atoms. The van der Waals surface area contributed by atoms with Crippen LogP contribution in [0.1, 0.15) is 16.7 Å². The number of rotatable bonds is 4.